The highest BCUT2D eigenvalue weighted by atomic mass is 35.5. The zero-order valence-electron chi connectivity index (χ0n) is 10.3. The minimum absolute atomic E-state index is 0.150. The number of nitrogens with zero attached hydrogens (tertiary/aromatic N) is 1. The van der Waals surface area contributed by atoms with E-state index in [1.54, 1.807) is 32.0 Å². The van der Waals surface area contributed by atoms with Crippen LogP contribution in [0.25, 0.3) is 0 Å². The van der Waals surface area contributed by atoms with Crippen molar-refractivity contribution in [2.24, 2.45) is 5.73 Å². The highest BCUT2D eigenvalue weighted by Crippen LogP contribution is 2.29. The Morgan fingerprint density at radius 2 is 1.94 bits per heavy atom. The Bertz CT molecular complexity index is 405. The Kier molecular flexibility index (Phi) is 4.87. The summed E-state index contributed by atoms with van der Waals surface area (Å²) in [6.07, 6.45) is -4.25. The van der Waals surface area contributed by atoms with Crippen molar-refractivity contribution >= 4 is 17.3 Å². The van der Waals surface area contributed by atoms with Gasteiger partial charge in [0.15, 0.2) is 0 Å². The molecular formula is C12H16ClF3N2. The van der Waals surface area contributed by atoms with Gasteiger partial charge in [-0.15, -0.1) is 0 Å². The van der Waals surface area contributed by atoms with Gasteiger partial charge in [-0.25, -0.2) is 0 Å². The second kappa shape index (κ2) is 5.80. The second-order valence-electron chi connectivity index (χ2n) is 4.31. The van der Waals surface area contributed by atoms with Crippen LogP contribution in [0.3, 0.4) is 0 Å². The Hall–Kier alpha value is -0.940. The van der Waals surface area contributed by atoms with Gasteiger partial charge in [0.2, 0.25) is 0 Å². The molecule has 1 aromatic carbocycles. The SMILES string of the molecule is CC(C)N(CC(F)(F)F)c1ccc(Cl)cc1CN. The Labute approximate surface area is 110 Å². The lowest BCUT2D eigenvalue weighted by atomic mass is 10.1. The average Bonchev–Trinajstić information content (AvgIpc) is 2.24. The normalized spacial score (nSPS) is 12.0. The van der Waals surface area contributed by atoms with Gasteiger partial charge in [0.1, 0.15) is 6.54 Å². The summed E-state index contributed by atoms with van der Waals surface area (Å²) < 4.78 is 37.7. The fourth-order valence-electron chi connectivity index (χ4n) is 1.74. The van der Waals surface area contributed by atoms with E-state index in [1.165, 1.54) is 4.90 Å². The predicted molar refractivity (Wildman–Crippen MR) is 67.9 cm³/mol. The van der Waals surface area contributed by atoms with Crippen LogP contribution in [-0.2, 0) is 6.54 Å². The van der Waals surface area contributed by atoms with Crippen molar-refractivity contribution in [2.45, 2.75) is 32.6 Å². The average molecular weight is 281 g/mol. The summed E-state index contributed by atoms with van der Waals surface area (Å²) in [5, 5.41) is 0.468. The fourth-order valence-corrected chi connectivity index (χ4v) is 1.93. The summed E-state index contributed by atoms with van der Waals surface area (Å²) in [6, 6.07) is 4.47. The lowest BCUT2D eigenvalue weighted by Crippen LogP contribution is -2.39. The first-order valence-electron chi connectivity index (χ1n) is 5.56. The molecule has 0 amide bonds. The van der Waals surface area contributed by atoms with E-state index in [1.807, 2.05) is 0 Å². The Balaban J connectivity index is 3.13. The minimum atomic E-state index is -4.25. The van der Waals surface area contributed by atoms with Crippen LogP contribution in [0, 0.1) is 0 Å². The molecule has 0 fully saturated rings. The van der Waals surface area contributed by atoms with E-state index < -0.39 is 12.7 Å². The number of benzene rings is 1. The molecule has 0 heterocycles. The summed E-state index contributed by atoms with van der Waals surface area (Å²) in [6.45, 7) is 2.57. The summed E-state index contributed by atoms with van der Waals surface area (Å²) in [7, 11) is 0. The molecule has 2 nitrogen and oxygen atoms in total. The summed E-state index contributed by atoms with van der Waals surface area (Å²) in [4.78, 5) is 1.28. The molecule has 18 heavy (non-hydrogen) atoms. The molecule has 0 saturated carbocycles. The largest absolute Gasteiger partial charge is 0.405 e. The van der Waals surface area contributed by atoms with Crippen molar-refractivity contribution in [1.82, 2.24) is 0 Å². The van der Waals surface area contributed by atoms with Crippen LogP contribution in [0.5, 0.6) is 0 Å². The summed E-state index contributed by atoms with van der Waals surface area (Å²) in [5.41, 5.74) is 6.65. The molecule has 6 heteroatoms. The Morgan fingerprint density at radius 1 is 1.33 bits per heavy atom. The highest BCUT2D eigenvalue weighted by Gasteiger charge is 2.32. The topological polar surface area (TPSA) is 29.3 Å². The number of rotatable bonds is 4. The zero-order valence-corrected chi connectivity index (χ0v) is 11.0. The number of nitrogens with two attached hydrogens (primary N) is 1. The maximum atomic E-state index is 12.6. The van der Waals surface area contributed by atoms with Crippen LogP contribution >= 0.6 is 11.6 Å². The fraction of sp³-hybridized carbons (Fsp3) is 0.500. The molecule has 0 atom stereocenters. The molecule has 0 radical (unpaired) electrons. The van der Waals surface area contributed by atoms with E-state index in [4.69, 9.17) is 17.3 Å². The molecule has 0 saturated heterocycles. The van der Waals surface area contributed by atoms with E-state index in [-0.39, 0.29) is 12.6 Å². The van der Waals surface area contributed by atoms with Gasteiger partial charge < -0.3 is 10.6 Å². The highest BCUT2D eigenvalue weighted by molar-refractivity contribution is 6.30. The molecule has 102 valence electrons. The van der Waals surface area contributed by atoms with E-state index in [0.29, 0.717) is 16.3 Å². The predicted octanol–water partition coefficient (Wildman–Crippen LogP) is 3.58. The minimum Gasteiger partial charge on any atom is -0.360 e. The van der Waals surface area contributed by atoms with Crippen LogP contribution in [0.4, 0.5) is 18.9 Å². The number of halogens is 4. The monoisotopic (exact) mass is 280 g/mol. The standard InChI is InChI=1S/C12H16ClF3N2/c1-8(2)18(7-12(14,15)16)11-4-3-10(13)5-9(11)6-17/h3-5,8H,6-7,17H2,1-2H3. The second-order valence-corrected chi connectivity index (χ2v) is 4.75. The van der Waals surface area contributed by atoms with Crippen molar-refractivity contribution < 1.29 is 13.2 Å². The van der Waals surface area contributed by atoms with E-state index in [9.17, 15) is 13.2 Å². The van der Waals surface area contributed by atoms with Crippen molar-refractivity contribution in [3.8, 4) is 0 Å². The molecule has 1 aromatic rings. The molecular weight excluding hydrogens is 265 g/mol. The summed E-state index contributed by atoms with van der Waals surface area (Å²) >= 11 is 5.82. The van der Waals surface area contributed by atoms with Crippen molar-refractivity contribution in [3.05, 3.63) is 28.8 Å². The van der Waals surface area contributed by atoms with Crippen LogP contribution in [0.15, 0.2) is 18.2 Å². The molecule has 0 aliphatic rings. The quantitative estimate of drug-likeness (QED) is 0.913. The van der Waals surface area contributed by atoms with Crippen LogP contribution in [0.1, 0.15) is 19.4 Å². The van der Waals surface area contributed by atoms with Gasteiger partial charge in [0.05, 0.1) is 0 Å². The van der Waals surface area contributed by atoms with E-state index >= 15 is 0 Å². The molecule has 0 aliphatic carbocycles. The lowest BCUT2D eigenvalue weighted by Gasteiger charge is -2.31. The first kappa shape index (κ1) is 15.1. The molecule has 0 aromatic heterocycles. The first-order valence-corrected chi connectivity index (χ1v) is 5.94. The summed E-state index contributed by atoms with van der Waals surface area (Å²) in [5.74, 6) is 0. The lowest BCUT2D eigenvalue weighted by molar-refractivity contribution is -0.120. The zero-order chi connectivity index (χ0) is 13.9. The maximum Gasteiger partial charge on any atom is 0.405 e. The molecule has 0 spiro atoms. The smallest absolute Gasteiger partial charge is 0.360 e. The molecule has 0 unspecified atom stereocenters. The van der Waals surface area contributed by atoms with Gasteiger partial charge in [0.25, 0.3) is 0 Å². The first-order chi connectivity index (χ1) is 8.24. The Morgan fingerprint density at radius 3 is 2.39 bits per heavy atom. The van der Waals surface area contributed by atoms with Gasteiger partial charge >= 0.3 is 6.18 Å². The third kappa shape index (κ3) is 4.07. The van der Waals surface area contributed by atoms with Gasteiger partial charge in [0, 0.05) is 23.3 Å². The number of alkyl halides is 3. The van der Waals surface area contributed by atoms with E-state index in [0.717, 1.165) is 0 Å². The van der Waals surface area contributed by atoms with Crippen molar-refractivity contribution in [3.63, 3.8) is 0 Å². The third-order valence-electron chi connectivity index (χ3n) is 2.54. The maximum absolute atomic E-state index is 12.6. The van der Waals surface area contributed by atoms with Crippen LogP contribution in [-0.4, -0.2) is 18.8 Å². The number of hydrogen-bond acceptors (Lipinski definition) is 2. The van der Waals surface area contributed by atoms with Gasteiger partial charge in [-0.2, -0.15) is 13.2 Å². The third-order valence-corrected chi connectivity index (χ3v) is 2.78. The van der Waals surface area contributed by atoms with E-state index in [2.05, 4.69) is 0 Å². The molecule has 0 aliphatic heterocycles. The number of anilines is 1. The molecule has 1 rings (SSSR count). The van der Waals surface area contributed by atoms with Crippen LogP contribution < -0.4 is 10.6 Å². The van der Waals surface area contributed by atoms with Crippen molar-refractivity contribution in [2.75, 3.05) is 11.4 Å². The number of hydrogen-bond donors (Lipinski definition) is 1. The van der Waals surface area contributed by atoms with Gasteiger partial charge in [-0.1, -0.05) is 11.6 Å². The molecule has 0 bridgehead atoms. The van der Waals surface area contributed by atoms with Gasteiger partial charge in [-0.3, -0.25) is 0 Å². The van der Waals surface area contributed by atoms with Crippen LogP contribution in [0.2, 0.25) is 5.02 Å². The van der Waals surface area contributed by atoms with Crippen molar-refractivity contribution in [1.29, 1.82) is 0 Å². The molecule has 2 N–H and O–H groups in total. The van der Waals surface area contributed by atoms with Gasteiger partial charge in [-0.05, 0) is 37.6 Å².